The first-order valence-electron chi connectivity index (χ1n) is 8.56. The quantitative estimate of drug-likeness (QED) is 0.486. The van der Waals surface area contributed by atoms with Crippen molar-refractivity contribution >= 4 is 29.5 Å². The Morgan fingerprint density at radius 1 is 1.14 bits per heavy atom. The van der Waals surface area contributed by atoms with E-state index >= 15 is 0 Å². The average molecular weight is 396 g/mol. The van der Waals surface area contributed by atoms with Gasteiger partial charge in [0.25, 0.3) is 0 Å². The van der Waals surface area contributed by atoms with Gasteiger partial charge in [-0.15, -0.1) is 0 Å². The van der Waals surface area contributed by atoms with E-state index in [1.54, 1.807) is 29.8 Å². The van der Waals surface area contributed by atoms with Gasteiger partial charge < -0.3 is 4.74 Å². The molecule has 4 rings (SSSR count). The molecule has 3 aromatic rings. The normalized spacial score (nSPS) is 15.0. The Balaban J connectivity index is 1.64. The molecule has 1 aliphatic heterocycles. The van der Waals surface area contributed by atoms with E-state index in [4.69, 9.17) is 16.3 Å². The van der Waals surface area contributed by atoms with Crippen molar-refractivity contribution in [2.75, 3.05) is 0 Å². The van der Waals surface area contributed by atoms with E-state index in [2.05, 4.69) is 10.1 Å². The van der Waals surface area contributed by atoms with Crippen molar-refractivity contribution in [1.82, 2.24) is 9.78 Å². The average Bonchev–Trinajstić information content (AvgIpc) is 3.19. The van der Waals surface area contributed by atoms with Crippen molar-refractivity contribution in [2.24, 2.45) is 4.99 Å². The molecule has 0 N–H and O–H groups in total. The standard InChI is InChI=1S/C21H15ClFN3O2/c1-13-17(19(22)26(25-13)12-14-7-9-16(23)10-8-14)11-18-21(27)28-20(24-18)15-5-3-2-4-6-15/h2-11H,12H2,1H3/b18-11-. The Labute approximate surface area is 165 Å². The van der Waals surface area contributed by atoms with E-state index in [1.165, 1.54) is 12.1 Å². The highest BCUT2D eigenvalue weighted by Crippen LogP contribution is 2.26. The van der Waals surface area contributed by atoms with Gasteiger partial charge in [0.15, 0.2) is 5.70 Å². The van der Waals surface area contributed by atoms with Gasteiger partial charge in [-0.25, -0.2) is 18.9 Å². The lowest BCUT2D eigenvalue weighted by molar-refractivity contribution is -0.129. The molecule has 0 bridgehead atoms. The minimum Gasteiger partial charge on any atom is -0.402 e. The number of cyclic esters (lactones) is 1. The van der Waals surface area contributed by atoms with Crippen LogP contribution in [0.1, 0.15) is 22.4 Å². The van der Waals surface area contributed by atoms with E-state index < -0.39 is 5.97 Å². The molecule has 2 aromatic carbocycles. The van der Waals surface area contributed by atoms with Gasteiger partial charge in [0, 0.05) is 11.1 Å². The van der Waals surface area contributed by atoms with Crippen LogP contribution in [0.15, 0.2) is 65.3 Å². The molecule has 0 aliphatic carbocycles. The Hall–Kier alpha value is -3.25. The van der Waals surface area contributed by atoms with Crippen LogP contribution in [-0.2, 0) is 16.1 Å². The molecule has 0 saturated heterocycles. The van der Waals surface area contributed by atoms with Gasteiger partial charge in [-0.05, 0) is 42.8 Å². The topological polar surface area (TPSA) is 56.5 Å². The minimum absolute atomic E-state index is 0.158. The number of ether oxygens (including phenoxy) is 1. The second-order valence-corrected chi connectivity index (χ2v) is 6.63. The van der Waals surface area contributed by atoms with E-state index in [9.17, 15) is 9.18 Å². The number of halogens is 2. The van der Waals surface area contributed by atoms with E-state index in [1.807, 2.05) is 30.3 Å². The number of esters is 1. The van der Waals surface area contributed by atoms with Crippen LogP contribution in [0.5, 0.6) is 0 Å². The summed E-state index contributed by atoms with van der Waals surface area (Å²) >= 11 is 6.47. The molecule has 0 atom stereocenters. The smallest absolute Gasteiger partial charge is 0.363 e. The summed E-state index contributed by atoms with van der Waals surface area (Å²) in [5.74, 6) is -0.589. The Kier molecular flexibility index (Phi) is 4.79. The number of aryl methyl sites for hydroxylation is 1. The van der Waals surface area contributed by atoms with Crippen LogP contribution in [0, 0.1) is 12.7 Å². The lowest BCUT2D eigenvalue weighted by Gasteiger charge is -2.03. The number of aromatic nitrogens is 2. The predicted molar refractivity (Wildman–Crippen MR) is 105 cm³/mol. The van der Waals surface area contributed by atoms with Gasteiger partial charge in [0.05, 0.1) is 12.2 Å². The Bertz CT molecular complexity index is 1100. The summed E-state index contributed by atoms with van der Waals surface area (Å²) in [6, 6.07) is 15.3. The molecule has 1 aromatic heterocycles. The first kappa shape index (κ1) is 18.1. The number of nitrogens with zero attached hydrogens (tertiary/aromatic N) is 3. The van der Waals surface area contributed by atoms with Crippen molar-refractivity contribution in [3.05, 3.63) is 93.6 Å². The fraction of sp³-hybridized carbons (Fsp3) is 0.0952. The van der Waals surface area contributed by atoms with Gasteiger partial charge in [-0.2, -0.15) is 5.10 Å². The molecule has 0 unspecified atom stereocenters. The van der Waals surface area contributed by atoms with Gasteiger partial charge in [0.2, 0.25) is 5.90 Å². The molecule has 0 fully saturated rings. The SMILES string of the molecule is Cc1nn(Cc2ccc(F)cc2)c(Cl)c1/C=C1\N=C(c2ccccc2)OC1=O. The summed E-state index contributed by atoms with van der Waals surface area (Å²) in [4.78, 5) is 16.5. The van der Waals surface area contributed by atoms with Crippen molar-refractivity contribution < 1.29 is 13.9 Å². The zero-order valence-corrected chi connectivity index (χ0v) is 15.7. The number of carbonyl (C=O) groups is 1. The maximum Gasteiger partial charge on any atom is 0.363 e. The van der Waals surface area contributed by atoms with E-state index in [-0.39, 0.29) is 17.4 Å². The molecule has 0 amide bonds. The summed E-state index contributed by atoms with van der Waals surface area (Å²) in [6.45, 7) is 2.17. The Morgan fingerprint density at radius 3 is 2.57 bits per heavy atom. The van der Waals surface area contributed by atoms with Gasteiger partial charge in [0.1, 0.15) is 11.0 Å². The lowest BCUT2D eigenvalue weighted by Crippen LogP contribution is -2.05. The molecule has 0 radical (unpaired) electrons. The lowest BCUT2D eigenvalue weighted by atomic mass is 10.2. The zero-order chi connectivity index (χ0) is 19.7. The van der Waals surface area contributed by atoms with E-state index in [0.29, 0.717) is 28.5 Å². The summed E-state index contributed by atoms with van der Waals surface area (Å²) < 4.78 is 19.9. The second-order valence-electron chi connectivity index (χ2n) is 6.28. The van der Waals surface area contributed by atoms with Crippen LogP contribution in [0.4, 0.5) is 4.39 Å². The summed E-state index contributed by atoms with van der Waals surface area (Å²) in [7, 11) is 0. The van der Waals surface area contributed by atoms with Crippen molar-refractivity contribution in [1.29, 1.82) is 0 Å². The third kappa shape index (κ3) is 3.59. The second kappa shape index (κ2) is 7.40. The molecule has 7 heteroatoms. The number of rotatable bonds is 4. The van der Waals surface area contributed by atoms with Crippen LogP contribution in [0.2, 0.25) is 5.15 Å². The molecule has 0 spiro atoms. The molecule has 2 heterocycles. The number of aliphatic imine (C=N–C) groups is 1. The molecular formula is C21H15ClFN3O2. The molecule has 28 heavy (non-hydrogen) atoms. The number of benzene rings is 2. The predicted octanol–water partition coefficient (Wildman–Crippen LogP) is 4.38. The maximum atomic E-state index is 13.1. The number of hydrogen-bond acceptors (Lipinski definition) is 4. The van der Waals surface area contributed by atoms with Gasteiger partial charge in [-0.3, -0.25) is 0 Å². The van der Waals surface area contributed by atoms with Crippen LogP contribution in [-0.4, -0.2) is 21.6 Å². The third-order valence-electron chi connectivity index (χ3n) is 4.28. The van der Waals surface area contributed by atoms with Crippen molar-refractivity contribution in [2.45, 2.75) is 13.5 Å². The highest BCUT2D eigenvalue weighted by atomic mass is 35.5. The van der Waals surface area contributed by atoms with E-state index in [0.717, 1.165) is 5.56 Å². The van der Waals surface area contributed by atoms with Gasteiger partial charge in [-0.1, -0.05) is 41.9 Å². The van der Waals surface area contributed by atoms with Crippen molar-refractivity contribution in [3.63, 3.8) is 0 Å². The fourth-order valence-corrected chi connectivity index (χ4v) is 3.14. The summed E-state index contributed by atoms with van der Waals surface area (Å²) in [5, 5.41) is 4.78. The molecule has 0 saturated carbocycles. The molecule has 140 valence electrons. The first-order chi connectivity index (χ1) is 13.5. The monoisotopic (exact) mass is 395 g/mol. The third-order valence-corrected chi connectivity index (χ3v) is 4.68. The summed E-state index contributed by atoms with van der Waals surface area (Å²) in [6.07, 6.45) is 1.57. The molecule has 5 nitrogen and oxygen atoms in total. The minimum atomic E-state index is -0.541. The van der Waals surface area contributed by atoms with Crippen molar-refractivity contribution in [3.8, 4) is 0 Å². The number of hydrogen-bond donors (Lipinski definition) is 0. The highest BCUT2D eigenvalue weighted by molar-refractivity contribution is 6.31. The van der Waals surface area contributed by atoms with Crippen LogP contribution >= 0.6 is 11.6 Å². The Morgan fingerprint density at radius 2 is 1.86 bits per heavy atom. The van der Waals surface area contributed by atoms with Crippen LogP contribution in [0.25, 0.3) is 6.08 Å². The first-order valence-corrected chi connectivity index (χ1v) is 8.94. The highest BCUT2D eigenvalue weighted by Gasteiger charge is 2.25. The van der Waals surface area contributed by atoms with Crippen LogP contribution < -0.4 is 0 Å². The largest absolute Gasteiger partial charge is 0.402 e. The zero-order valence-electron chi connectivity index (χ0n) is 14.9. The maximum absolute atomic E-state index is 13.1. The fourth-order valence-electron chi connectivity index (χ4n) is 2.85. The number of carbonyl (C=O) groups excluding carboxylic acids is 1. The molecular weight excluding hydrogens is 381 g/mol. The molecule has 1 aliphatic rings. The van der Waals surface area contributed by atoms with Gasteiger partial charge >= 0.3 is 5.97 Å². The summed E-state index contributed by atoms with van der Waals surface area (Å²) in [5.41, 5.74) is 2.97. The van der Waals surface area contributed by atoms with Crippen LogP contribution in [0.3, 0.4) is 0 Å².